The quantitative estimate of drug-likeness (QED) is 0.891. The molecule has 0 aromatic heterocycles. The topological polar surface area (TPSA) is 56.0 Å². The highest BCUT2D eigenvalue weighted by Gasteiger charge is 2.41. The molecular weight excluding hydrogens is 268 g/mol. The van der Waals surface area contributed by atoms with Gasteiger partial charge in [0.1, 0.15) is 6.07 Å². The molecule has 1 fully saturated rings. The minimum absolute atomic E-state index is 0.0506. The van der Waals surface area contributed by atoms with Gasteiger partial charge in [-0.1, -0.05) is 15.9 Å². The molecule has 0 heterocycles. The van der Waals surface area contributed by atoms with Crippen LogP contribution in [0.15, 0.2) is 22.7 Å². The molecule has 1 aliphatic carbocycles. The molecule has 0 aliphatic heterocycles. The molecule has 16 heavy (non-hydrogen) atoms. The van der Waals surface area contributed by atoms with Gasteiger partial charge in [0, 0.05) is 16.4 Å². The van der Waals surface area contributed by atoms with Gasteiger partial charge >= 0.3 is 0 Å². The van der Waals surface area contributed by atoms with Gasteiger partial charge in [-0.2, -0.15) is 5.26 Å². The molecule has 1 aliphatic rings. The van der Waals surface area contributed by atoms with E-state index in [0.29, 0.717) is 5.56 Å². The van der Waals surface area contributed by atoms with Crippen LogP contribution in [0.1, 0.15) is 18.4 Å². The maximum atomic E-state index is 9.20. The molecular formula is C12H13BrN2O. The van der Waals surface area contributed by atoms with Gasteiger partial charge in [-0.05, 0) is 31.0 Å². The van der Waals surface area contributed by atoms with E-state index in [9.17, 15) is 5.11 Å². The van der Waals surface area contributed by atoms with Gasteiger partial charge < -0.3 is 10.4 Å². The van der Waals surface area contributed by atoms with Gasteiger partial charge in [-0.25, -0.2) is 0 Å². The first kappa shape index (κ1) is 11.4. The largest absolute Gasteiger partial charge is 0.396 e. The van der Waals surface area contributed by atoms with E-state index in [1.807, 2.05) is 12.1 Å². The predicted molar refractivity (Wildman–Crippen MR) is 66.1 cm³/mol. The Kier molecular flexibility index (Phi) is 3.17. The summed E-state index contributed by atoms with van der Waals surface area (Å²) in [5, 5.41) is 21.4. The van der Waals surface area contributed by atoms with Crippen LogP contribution in [-0.4, -0.2) is 18.3 Å². The molecule has 0 atom stereocenters. The molecule has 1 aromatic rings. The Bertz CT molecular complexity index is 435. The molecule has 1 saturated carbocycles. The van der Waals surface area contributed by atoms with Crippen molar-refractivity contribution < 1.29 is 5.11 Å². The first-order valence-corrected chi connectivity index (χ1v) is 6.03. The molecule has 0 saturated heterocycles. The highest BCUT2D eigenvalue weighted by molar-refractivity contribution is 9.10. The highest BCUT2D eigenvalue weighted by Crippen LogP contribution is 2.45. The zero-order valence-electron chi connectivity index (χ0n) is 8.83. The standard InChI is InChI=1S/C12H13BrN2O/c13-10-2-1-9(6-14)11(5-10)15-7-12(8-16)3-4-12/h1-2,5,15-16H,3-4,7-8H2. The smallest absolute Gasteiger partial charge is 0.101 e. The number of rotatable bonds is 4. The van der Waals surface area contributed by atoms with Gasteiger partial charge in [-0.3, -0.25) is 0 Å². The van der Waals surface area contributed by atoms with E-state index in [-0.39, 0.29) is 12.0 Å². The zero-order chi connectivity index (χ0) is 11.6. The SMILES string of the molecule is N#Cc1ccc(Br)cc1NCC1(CO)CC1. The average Bonchev–Trinajstić information content (AvgIpc) is 3.07. The Labute approximate surface area is 103 Å². The summed E-state index contributed by atoms with van der Waals surface area (Å²) in [5.74, 6) is 0. The van der Waals surface area contributed by atoms with Crippen molar-refractivity contribution in [3.05, 3.63) is 28.2 Å². The van der Waals surface area contributed by atoms with Crippen molar-refractivity contribution in [3.63, 3.8) is 0 Å². The Morgan fingerprint density at radius 2 is 2.25 bits per heavy atom. The number of aliphatic hydroxyl groups excluding tert-OH is 1. The maximum Gasteiger partial charge on any atom is 0.101 e. The Morgan fingerprint density at radius 1 is 1.50 bits per heavy atom. The number of anilines is 1. The number of aliphatic hydroxyl groups is 1. The van der Waals surface area contributed by atoms with Gasteiger partial charge in [0.05, 0.1) is 17.9 Å². The van der Waals surface area contributed by atoms with E-state index in [4.69, 9.17) is 5.26 Å². The first-order chi connectivity index (χ1) is 7.69. The van der Waals surface area contributed by atoms with Crippen LogP contribution in [0.4, 0.5) is 5.69 Å². The molecule has 3 nitrogen and oxygen atoms in total. The van der Waals surface area contributed by atoms with E-state index < -0.39 is 0 Å². The molecule has 0 amide bonds. The first-order valence-electron chi connectivity index (χ1n) is 5.23. The highest BCUT2D eigenvalue weighted by atomic mass is 79.9. The lowest BCUT2D eigenvalue weighted by atomic mass is 10.1. The molecule has 0 radical (unpaired) electrons. The van der Waals surface area contributed by atoms with Crippen LogP contribution in [0, 0.1) is 16.7 Å². The lowest BCUT2D eigenvalue weighted by molar-refractivity contribution is 0.220. The lowest BCUT2D eigenvalue weighted by Gasteiger charge is -2.14. The summed E-state index contributed by atoms with van der Waals surface area (Å²) < 4.78 is 0.947. The van der Waals surface area contributed by atoms with Crippen LogP contribution in [-0.2, 0) is 0 Å². The summed E-state index contributed by atoms with van der Waals surface area (Å²) in [4.78, 5) is 0. The molecule has 4 heteroatoms. The Balaban J connectivity index is 2.09. The fourth-order valence-corrected chi connectivity index (χ4v) is 1.97. The van der Waals surface area contributed by atoms with Crippen LogP contribution in [0.2, 0.25) is 0 Å². The molecule has 0 bridgehead atoms. The average molecular weight is 281 g/mol. The third kappa shape index (κ3) is 2.37. The second kappa shape index (κ2) is 4.44. The van der Waals surface area contributed by atoms with Crippen LogP contribution < -0.4 is 5.32 Å². The van der Waals surface area contributed by atoms with Crippen molar-refractivity contribution in [1.29, 1.82) is 5.26 Å². The molecule has 0 spiro atoms. The van der Waals surface area contributed by atoms with Gasteiger partial charge in [0.25, 0.3) is 0 Å². The van der Waals surface area contributed by atoms with Crippen LogP contribution >= 0.6 is 15.9 Å². The Morgan fingerprint density at radius 3 is 2.81 bits per heavy atom. The van der Waals surface area contributed by atoms with Crippen LogP contribution in [0.25, 0.3) is 0 Å². The number of benzene rings is 1. The van der Waals surface area contributed by atoms with Crippen molar-refractivity contribution in [1.82, 2.24) is 0 Å². The normalized spacial score (nSPS) is 16.6. The summed E-state index contributed by atoms with van der Waals surface area (Å²) in [6.07, 6.45) is 2.12. The summed E-state index contributed by atoms with van der Waals surface area (Å²) in [5.41, 5.74) is 1.52. The van der Waals surface area contributed by atoms with Gasteiger partial charge in [0.2, 0.25) is 0 Å². The Hall–Kier alpha value is -1.05. The van der Waals surface area contributed by atoms with E-state index in [1.54, 1.807) is 6.07 Å². The van der Waals surface area contributed by atoms with Crippen LogP contribution in [0.3, 0.4) is 0 Å². The van der Waals surface area contributed by atoms with E-state index in [1.165, 1.54) is 0 Å². The molecule has 2 rings (SSSR count). The van der Waals surface area contributed by atoms with Gasteiger partial charge in [0.15, 0.2) is 0 Å². The maximum absolute atomic E-state index is 9.20. The monoisotopic (exact) mass is 280 g/mol. The number of hydrogen-bond donors (Lipinski definition) is 2. The lowest BCUT2D eigenvalue weighted by Crippen LogP contribution is -2.19. The van der Waals surface area contributed by atoms with E-state index in [0.717, 1.165) is 29.5 Å². The number of nitriles is 1. The van der Waals surface area contributed by atoms with Crippen molar-refractivity contribution in [3.8, 4) is 6.07 Å². The number of nitrogens with one attached hydrogen (secondary N) is 1. The summed E-state index contributed by atoms with van der Waals surface area (Å²) in [7, 11) is 0. The number of hydrogen-bond acceptors (Lipinski definition) is 3. The summed E-state index contributed by atoms with van der Waals surface area (Å²) in [6, 6.07) is 7.68. The predicted octanol–water partition coefficient (Wildman–Crippen LogP) is 2.51. The third-order valence-electron chi connectivity index (χ3n) is 3.05. The molecule has 0 unspecified atom stereocenters. The second-order valence-corrected chi connectivity index (χ2v) is 5.23. The van der Waals surface area contributed by atoms with Crippen molar-refractivity contribution >= 4 is 21.6 Å². The third-order valence-corrected chi connectivity index (χ3v) is 3.54. The molecule has 2 N–H and O–H groups in total. The van der Waals surface area contributed by atoms with Gasteiger partial charge in [-0.15, -0.1) is 0 Å². The fraction of sp³-hybridized carbons (Fsp3) is 0.417. The minimum atomic E-state index is 0.0506. The van der Waals surface area contributed by atoms with Crippen molar-refractivity contribution in [2.24, 2.45) is 5.41 Å². The molecule has 1 aromatic carbocycles. The zero-order valence-corrected chi connectivity index (χ0v) is 10.4. The summed E-state index contributed by atoms with van der Waals surface area (Å²) in [6.45, 7) is 0.949. The van der Waals surface area contributed by atoms with E-state index >= 15 is 0 Å². The number of halogens is 1. The van der Waals surface area contributed by atoms with Crippen molar-refractivity contribution in [2.45, 2.75) is 12.8 Å². The van der Waals surface area contributed by atoms with Crippen molar-refractivity contribution in [2.75, 3.05) is 18.5 Å². The molecule has 84 valence electrons. The second-order valence-electron chi connectivity index (χ2n) is 4.31. The van der Waals surface area contributed by atoms with Crippen LogP contribution in [0.5, 0.6) is 0 Å². The minimum Gasteiger partial charge on any atom is -0.396 e. The summed E-state index contributed by atoms with van der Waals surface area (Å²) >= 11 is 3.38. The van der Waals surface area contributed by atoms with E-state index in [2.05, 4.69) is 27.3 Å². The fourth-order valence-electron chi connectivity index (χ4n) is 1.61. The number of nitrogens with zero attached hydrogens (tertiary/aromatic N) is 1.